The van der Waals surface area contributed by atoms with Gasteiger partial charge in [-0.2, -0.15) is 0 Å². The molecule has 0 fully saturated rings. The van der Waals surface area contributed by atoms with E-state index in [-0.39, 0.29) is 17.4 Å². The van der Waals surface area contributed by atoms with Gasteiger partial charge in [-0.3, -0.25) is 4.79 Å². The number of halogens is 3. The van der Waals surface area contributed by atoms with Crippen LogP contribution in [0.4, 0.5) is 18.9 Å². The maximum Gasteiger partial charge on any atom is 0.573 e. The molecular formula is C16H13F3N4O3S. The van der Waals surface area contributed by atoms with Gasteiger partial charge in [0, 0.05) is 12.7 Å². The number of amides is 1. The van der Waals surface area contributed by atoms with E-state index in [2.05, 4.69) is 20.3 Å². The predicted octanol–water partition coefficient (Wildman–Crippen LogP) is 3.70. The first-order valence-electron chi connectivity index (χ1n) is 7.53. The lowest BCUT2D eigenvalue weighted by Crippen LogP contribution is -2.17. The predicted molar refractivity (Wildman–Crippen MR) is 91.2 cm³/mol. The Kier molecular flexibility index (Phi) is 5.40. The summed E-state index contributed by atoms with van der Waals surface area (Å²) < 4.78 is 47.1. The van der Waals surface area contributed by atoms with E-state index in [9.17, 15) is 18.0 Å². The molecule has 27 heavy (non-hydrogen) atoms. The summed E-state index contributed by atoms with van der Waals surface area (Å²) in [7, 11) is 1.75. The smallest absolute Gasteiger partial charge is 0.461 e. The molecule has 0 aliphatic heterocycles. The second-order valence-corrected chi connectivity index (χ2v) is 6.19. The van der Waals surface area contributed by atoms with Crippen LogP contribution in [0, 0.1) is 0 Å². The van der Waals surface area contributed by atoms with Crippen molar-refractivity contribution in [2.24, 2.45) is 7.05 Å². The van der Waals surface area contributed by atoms with Crippen molar-refractivity contribution in [3.05, 3.63) is 42.7 Å². The molecule has 2 aromatic heterocycles. The van der Waals surface area contributed by atoms with E-state index in [0.717, 1.165) is 12.1 Å². The minimum atomic E-state index is -4.76. The third kappa shape index (κ3) is 5.03. The zero-order chi connectivity index (χ0) is 19.4. The van der Waals surface area contributed by atoms with Crippen molar-refractivity contribution >= 4 is 23.4 Å². The fourth-order valence-electron chi connectivity index (χ4n) is 2.13. The summed E-state index contributed by atoms with van der Waals surface area (Å²) in [6, 6.07) is 8.36. The molecule has 0 aliphatic carbocycles. The topological polar surface area (TPSA) is 82.2 Å². The van der Waals surface area contributed by atoms with E-state index in [1.165, 1.54) is 30.2 Å². The van der Waals surface area contributed by atoms with Crippen LogP contribution in [0.2, 0.25) is 0 Å². The highest BCUT2D eigenvalue weighted by Crippen LogP contribution is 2.25. The van der Waals surface area contributed by atoms with Gasteiger partial charge in [-0.25, -0.2) is 0 Å². The van der Waals surface area contributed by atoms with Crippen molar-refractivity contribution in [2.75, 3.05) is 11.1 Å². The number of anilines is 1. The van der Waals surface area contributed by atoms with Crippen LogP contribution in [-0.2, 0) is 11.8 Å². The Morgan fingerprint density at radius 1 is 1.26 bits per heavy atom. The second-order valence-electron chi connectivity index (χ2n) is 5.25. The maximum atomic E-state index is 12.1. The number of rotatable bonds is 6. The molecule has 3 aromatic rings. The number of thioether (sulfide) groups is 1. The lowest BCUT2D eigenvalue weighted by atomic mass is 10.3. The minimum absolute atomic E-state index is 0.0466. The van der Waals surface area contributed by atoms with Gasteiger partial charge in [-0.05, 0) is 36.4 Å². The van der Waals surface area contributed by atoms with Crippen LogP contribution in [0.1, 0.15) is 0 Å². The van der Waals surface area contributed by atoms with Crippen molar-refractivity contribution in [2.45, 2.75) is 11.5 Å². The number of hydrogen-bond donors (Lipinski definition) is 1. The summed E-state index contributed by atoms with van der Waals surface area (Å²) in [5, 5.41) is 11.1. The molecule has 3 rings (SSSR count). The average Bonchev–Trinajstić information content (AvgIpc) is 3.23. The molecule has 2 heterocycles. The summed E-state index contributed by atoms with van der Waals surface area (Å²) in [5.41, 5.74) is 0.351. The molecule has 142 valence electrons. The molecule has 1 aromatic carbocycles. The fraction of sp³-hybridized carbons (Fsp3) is 0.188. The Bertz CT molecular complexity index is 908. The summed E-state index contributed by atoms with van der Waals surface area (Å²) in [6.07, 6.45) is -3.23. The maximum absolute atomic E-state index is 12.1. The Balaban J connectivity index is 1.54. The number of benzene rings is 1. The van der Waals surface area contributed by atoms with Crippen LogP contribution in [0.5, 0.6) is 5.75 Å². The monoisotopic (exact) mass is 398 g/mol. The number of carbonyl (C=O) groups is 1. The van der Waals surface area contributed by atoms with Gasteiger partial charge in [0.1, 0.15) is 5.75 Å². The molecule has 0 aliphatic rings. The quantitative estimate of drug-likeness (QED) is 0.638. The Morgan fingerprint density at radius 3 is 2.63 bits per heavy atom. The summed E-state index contributed by atoms with van der Waals surface area (Å²) in [5.74, 6) is 0.433. The van der Waals surface area contributed by atoms with Crippen LogP contribution in [0.3, 0.4) is 0 Å². The molecule has 1 amide bonds. The Morgan fingerprint density at radius 2 is 2.00 bits per heavy atom. The van der Waals surface area contributed by atoms with E-state index < -0.39 is 6.36 Å². The highest BCUT2D eigenvalue weighted by Gasteiger charge is 2.30. The van der Waals surface area contributed by atoms with E-state index in [4.69, 9.17) is 4.42 Å². The van der Waals surface area contributed by atoms with Gasteiger partial charge >= 0.3 is 6.36 Å². The molecule has 0 saturated heterocycles. The molecule has 7 nitrogen and oxygen atoms in total. The van der Waals surface area contributed by atoms with Gasteiger partial charge in [0.2, 0.25) is 5.91 Å². The van der Waals surface area contributed by atoms with Crippen LogP contribution >= 0.6 is 11.8 Å². The van der Waals surface area contributed by atoms with Crippen LogP contribution in [0.25, 0.3) is 11.6 Å². The highest BCUT2D eigenvalue weighted by molar-refractivity contribution is 7.99. The van der Waals surface area contributed by atoms with Crippen LogP contribution < -0.4 is 10.1 Å². The largest absolute Gasteiger partial charge is 0.573 e. The van der Waals surface area contributed by atoms with Crippen LogP contribution in [0.15, 0.2) is 52.2 Å². The van der Waals surface area contributed by atoms with E-state index in [1.807, 2.05) is 0 Å². The van der Waals surface area contributed by atoms with Crippen molar-refractivity contribution in [3.63, 3.8) is 0 Å². The number of carbonyl (C=O) groups excluding carboxylic acids is 1. The molecule has 0 saturated carbocycles. The molecule has 0 radical (unpaired) electrons. The first-order valence-corrected chi connectivity index (χ1v) is 8.52. The normalized spacial score (nSPS) is 11.4. The summed E-state index contributed by atoms with van der Waals surface area (Å²) >= 11 is 1.17. The third-order valence-corrected chi connectivity index (χ3v) is 4.30. The number of nitrogens with one attached hydrogen (secondary N) is 1. The summed E-state index contributed by atoms with van der Waals surface area (Å²) in [4.78, 5) is 12.0. The van der Waals surface area contributed by atoms with Gasteiger partial charge < -0.3 is 19.0 Å². The highest BCUT2D eigenvalue weighted by atomic mass is 32.2. The number of hydrogen-bond acceptors (Lipinski definition) is 6. The Labute approximate surface area is 155 Å². The zero-order valence-corrected chi connectivity index (χ0v) is 14.7. The van der Waals surface area contributed by atoms with Crippen molar-refractivity contribution in [1.82, 2.24) is 14.8 Å². The number of alkyl halides is 3. The van der Waals surface area contributed by atoms with Gasteiger partial charge in [0.15, 0.2) is 16.7 Å². The standard InChI is InChI=1S/C16H13F3N4O3S/c1-23-14(12-3-2-8-25-12)21-22-15(23)27-9-13(24)20-10-4-6-11(7-5-10)26-16(17,18)19/h2-8H,9H2,1H3,(H,20,24). The van der Waals surface area contributed by atoms with Crippen molar-refractivity contribution in [1.29, 1.82) is 0 Å². The van der Waals surface area contributed by atoms with Crippen LogP contribution in [-0.4, -0.2) is 32.8 Å². The molecule has 1 N–H and O–H groups in total. The SMILES string of the molecule is Cn1c(SCC(=O)Nc2ccc(OC(F)(F)F)cc2)nnc1-c1ccco1. The van der Waals surface area contributed by atoms with Gasteiger partial charge in [-0.1, -0.05) is 11.8 Å². The fourth-order valence-corrected chi connectivity index (χ4v) is 2.84. The number of aromatic nitrogens is 3. The Hall–Kier alpha value is -2.95. The lowest BCUT2D eigenvalue weighted by molar-refractivity contribution is -0.274. The first kappa shape index (κ1) is 18.8. The zero-order valence-electron chi connectivity index (χ0n) is 13.9. The number of ether oxygens (including phenoxy) is 1. The molecule has 11 heteroatoms. The molecule has 0 atom stereocenters. The third-order valence-electron chi connectivity index (χ3n) is 3.28. The van der Waals surface area contributed by atoms with Gasteiger partial charge in [0.25, 0.3) is 0 Å². The van der Waals surface area contributed by atoms with Gasteiger partial charge in [0.05, 0.1) is 12.0 Å². The van der Waals surface area contributed by atoms with Crippen molar-refractivity contribution in [3.8, 4) is 17.3 Å². The molecule has 0 bridgehead atoms. The summed E-state index contributed by atoms with van der Waals surface area (Å²) in [6.45, 7) is 0. The van der Waals surface area contributed by atoms with Gasteiger partial charge in [-0.15, -0.1) is 23.4 Å². The molecule has 0 spiro atoms. The second kappa shape index (κ2) is 7.74. The average molecular weight is 398 g/mol. The molecular weight excluding hydrogens is 385 g/mol. The van der Waals surface area contributed by atoms with Crippen molar-refractivity contribution < 1.29 is 27.1 Å². The number of furan rings is 1. The minimum Gasteiger partial charge on any atom is -0.461 e. The van der Waals surface area contributed by atoms with E-state index >= 15 is 0 Å². The lowest BCUT2D eigenvalue weighted by Gasteiger charge is -2.10. The molecule has 0 unspecified atom stereocenters. The first-order chi connectivity index (χ1) is 12.8. The van der Waals surface area contributed by atoms with E-state index in [1.54, 1.807) is 23.7 Å². The number of nitrogens with zero attached hydrogens (tertiary/aromatic N) is 3. The van der Waals surface area contributed by atoms with E-state index in [0.29, 0.717) is 22.4 Å².